The summed E-state index contributed by atoms with van der Waals surface area (Å²) in [5.41, 5.74) is 13.4. The van der Waals surface area contributed by atoms with Crippen molar-refractivity contribution < 1.29 is 9.47 Å². The van der Waals surface area contributed by atoms with E-state index in [2.05, 4.69) is 119 Å². The molecule has 3 unspecified atom stereocenters. The highest BCUT2D eigenvalue weighted by molar-refractivity contribution is 7.62. The number of benzene rings is 2. The van der Waals surface area contributed by atoms with Gasteiger partial charge >= 0.3 is 0 Å². The molecule has 3 nitrogen and oxygen atoms in total. The second-order valence-electron chi connectivity index (χ2n) is 14.6. The zero-order valence-corrected chi connectivity index (χ0v) is 29.6. The topological polar surface area (TPSA) is 44.5 Å². The van der Waals surface area contributed by atoms with Crippen molar-refractivity contribution in [3.05, 3.63) is 108 Å². The molecule has 0 aromatic heterocycles. The van der Waals surface area contributed by atoms with E-state index < -0.39 is 18.8 Å². The smallest absolute Gasteiger partial charge is 0.126 e. The molecule has 2 saturated carbocycles. The third kappa shape index (κ3) is 6.25. The Kier molecular flexibility index (Phi) is 10.4. The standard InChI is InChI=1S/C42H56NO2P/c1-32(2)44-38-27-19-31-42(45-33(3)4,39(38)35-22-11-6-12-23-35)46(36-24-13-7-14-25-36)40(28-16-8-17-29-40)41(43)30-18-15-26-37(41)34-20-9-5-10-21-34/h5-6,9-12,15,18-23,26-27,32-33,36H,7-8,13-14,16-17,24-25,28-31,43H2,1-4H3. The van der Waals surface area contributed by atoms with Crippen molar-refractivity contribution in [2.24, 2.45) is 5.73 Å². The van der Waals surface area contributed by atoms with Crippen LogP contribution in [0.3, 0.4) is 0 Å². The van der Waals surface area contributed by atoms with Crippen LogP contribution < -0.4 is 5.73 Å². The summed E-state index contributed by atoms with van der Waals surface area (Å²) < 4.78 is 14.5. The largest absolute Gasteiger partial charge is 0.491 e. The van der Waals surface area contributed by atoms with Gasteiger partial charge in [-0.2, -0.15) is 0 Å². The van der Waals surface area contributed by atoms with Crippen molar-refractivity contribution in [3.63, 3.8) is 0 Å². The summed E-state index contributed by atoms with van der Waals surface area (Å²) in [5.74, 6) is 0.982. The summed E-state index contributed by atoms with van der Waals surface area (Å²) >= 11 is 0. The van der Waals surface area contributed by atoms with Gasteiger partial charge in [0, 0.05) is 17.2 Å². The van der Waals surface area contributed by atoms with E-state index in [9.17, 15) is 0 Å². The zero-order chi connectivity index (χ0) is 32.2. The molecule has 2 aromatic carbocycles. The lowest BCUT2D eigenvalue weighted by molar-refractivity contribution is 0.00909. The van der Waals surface area contributed by atoms with Crippen LogP contribution in [0, 0.1) is 0 Å². The second-order valence-corrected chi connectivity index (χ2v) is 17.7. The molecule has 6 rings (SSSR count). The Hall–Kier alpha value is -2.45. The van der Waals surface area contributed by atoms with Crippen LogP contribution in [0.15, 0.2) is 96.8 Å². The second kappa shape index (κ2) is 14.3. The number of ether oxygens (including phenoxy) is 2. The molecule has 0 radical (unpaired) electrons. The first kappa shape index (κ1) is 33.5. The minimum atomic E-state index is -0.830. The minimum absolute atomic E-state index is 0.0591. The molecule has 0 saturated heterocycles. The van der Waals surface area contributed by atoms with E-state index in [1.54, 1.807) is 0 Å². The molecule has 2 fully saturated rings. The molecule has 2 N–H and O–H groups in total. The van der Waals surface area contributed by atoms with Gasteiger partial charge in [-0.25, -0.2) is 0 Å². The maximum atomic E-state index is 8.22. The summed E-state index contributed by atoms with van der Waals surface area (Å²) in [4.78, 5) is 0. The molecule has 4 aliphatic rings. The van der Waals surface area contributed by atoms with E-state index in [1.165, 1.54) is 73.6 Å². The summed E-state index contributed by atoms with van der Waals surface area (Å²) in [6, 6.07) is 22.1. The van der Waals surface area contributed by atoms with Gasteiger partial charge in [0.1, 0.15) is 11.1 Å². The first-order chi connectivity index (χ1) is 22.3. The fraction of sp³-hybridized carbons (Fsp3) is 0.524. The SMILES string of the molecule is CC(C)OC1=C(c2ccccc2)C(OC(C)C)(P(C2CCCCC2)C2(C3(N)CC=CC=C3c3ccccc3)CCCCC2)CC=C1. The molecular formula is C42H56NO2P. The van der Waals surface area contributed by atoms with Crippen LogP contribution in [0.5, 0.6) is 0 Å². The van der Waals surface area contributed by atoms with E-state index in [4.69, 9.17) is 15.2 Å². The average Bonchev–Trinajstić information content (AvgIpc) is 3.06. The Bertz CT molecular complexity index is 1430. The molecule has 0 bridgehead atoms. The van der Waals surface area contributed by atoms with E-state index in [0.717, 1.165) is 31.4 Å². The van der Waals surface area contributed by atoms with Crippen LogP contribution in [0.4, 0.5) is 0 Å². The lowest BCUT2D eigenvalue weighted by atomic mass is 9.66. The molecule has 0 amide bonds. The van der Waals surface area contributed by atoms with Crippen LogP contribution in [-0.2, 0) is 9.47 Å². The monoisotopic (exact) mass is 637 g/mol. The fourth-order valence-corrected chi connectivity index (χ4v) is 14.7. The van der Waals surface area contributed by atoms with E-state index in [1.807, 2.05) is 0 Å². The Labute approximate surface area is 280 Å². The van der Waals surface area contributed by atoms with Crippen LogP contribution in [0.2, 0.25) is 0 Å². The highest BCUT2D eigenvalue weighted by atomic mass is 31.1. The van der Waals surface area contributed by atoms with Crippen LogP contribution >= 0.6 is 7.92 Å². The summed E-state index contributed by atoms with van der Waals surface area (Å²) in [5, 5.41) is -0.615. The fourth-order valence-electron chi connectivity index (χ4n) is 9.26. The third-order valence-electron chi connectivity index (χ3n) is 10.9. The van der Waals surface area contributed by atoms with Gasteiger partial charge in [-0.1, -0.05) is 131 Å². The number of rotatable bonds is 10. The Balaban J connectivity index is 1.66. The summed E-state index contributed by atoms with van der Waals surface area (Å²) in [6.45, 7) is 8.78. The van der Waals surface area contributed by atoms with Crippen LogP contribution in [0.1, 0.15) is 116 Å². The predicted molar refractivity (Wildman–Crippen MR) is 197 cm³/mol. The Morgan fingerprint density at radius 2 is 1.37 bits per heavy atom. The highest BCUT2D eigenvalue weighted by Gasteiger charge is 2.64. The van der Waals surface area contributed by atoms with Gasteiger partial charge in [-0.15, -0.1) is 0 Å². The maximum absolute atomic E-state index is 8.22. The predicted octanol–water partition coefficient (Wildman–Crippen LogP) is 11.2. The number of nitrogens with two attached hydrogens (primary N) is 1. The molecule has 2 aromatic rings. The van der Waals surface area contributed by atoms with Crippen molar-refractivity contribution in [2.45, 2.75) is 139 Å². The third-order valence-corrected chi connectivity index (χ3v) is 15.2. The highest BCUT2D eigenvalue weighted by Crippen LogP contribution is 2.78. The zero-order valence-electron chi connectivity index (χ0n) is 28.7. The number of allylic oxidation sites excluding steroid dienone is 3. The molecule has 3 atom stereocenters. The maximum Gasteiger partial charge on any atom is 0.126 e. The molecular weight excluding hydrogens is 581 g/mol. The van der Waals surface area contributed by atoms with Gasteiger partial charge in [0.2, 0.25) is 0 Å². The van der Waals surface area contributed by atoms with E-state index >= 15 is 0 Å². The van der Waals surface area contributed by atoms with Crippen molar-refractivity contribution in [1.82, 2.24) is 0 Å². The van der Waals surface area contributed by atoms with E-state index in [-0.39, 0.29) is 17.4 Å². The van der Waals surface area contributed by atoms with Crippen molar-refractivity contribution >= 4 is 19.1 Å². The molecule has 246 valence electrons. The average molecular weight is 638 g/mol. The van der Waals surface area contributed by atoms with Gasteiger partial charge in [0.05, 0.1) is 17.7 Å². The minimum Gasteiger partial charge on any atom is -0.491 e. The first-order valence-corrected chi connectivity index (χ1v) is 19.5. The number of hydrogen-bond donors (Lipinski definition) is 1. The quantitative estimate of drug-likeness (QED) is 0.264. The van der Waals surface area contributed by atoms with Gasteiger partial charge in [-0.3, -0.25) is 0 Å². The molecule has 0 spiro atoms. The molecule has 4 heteroatoms. The summed E-state index contributed by atoms with van der Waals surface area (Å²) in [6.07, 6.45) is 25.9. The molecule has 4 aliphatic carbocycles. The normalized spacial score (nSPS) is 27.6. The van der Waals surface area contributed by atoms with Crippen molar-refractivity contribution in [2.75, 3.05) is 0 Å². The van der Waals surface area contributed by atoms with E-state index in [0.29, 0.717) is 5.66 Å². The lowest BCUT2D eigenvalue weighted by Gasteiger charge is -2.64. The van der Waals surface area contributed by atoms with Gasteiger partial charge in [0.15, 0.2) is 0 Å². The van der Waals surface area contributed by atoms with Gasteiger partial charge < -0.3 is 15.2 Å². The summed E-state index contributed by atoms with van der Waals surface area (Å²) in [7, 11) is -0.830. The van der Waals surface area contributed by atoms with Crippen molar-refractivity contribution in [1.29, 1.82) is 0 Å². The van der Waals surface area contributed by atoms with Crippen LogP contribution in [0.25, 0.3) is 11.1 Å². The lowest BCUT2D eigenvalue weighted by Crippen LogP contribution is -2.64. The van der Waals surface area contributed by atoms with Gasteiger partial charge in [0.25, 0.3) is 0 Å². The molecule has 46 heavy (non-hydrogen) atoms. The Morgan fingerprint density at radius 3 is 2.00 bits per heavy atom. The molecule has 0 heterocycles. The van der Waals surface area contributed by atoms with Crippen LogP contribution in [-0.4, -0.2) is 33.9 Å². The Morgan fingerprint density at radius 1 is 0.739 bits per heavy atom. The first-order valence-electron chi connectivity index (χ1n) is 18.1. The molecule has 0 aliphatic heterocycles. The van der Waals surface area contributed by atoms with Gasteiger partial charge in [-0.05, 0) is 88.2 Å². The van der Waals surface area contributed by atoms with Crippen molar-refractivity contribution in [3.8, 4) is 0 Å². The number of hydrogen-bond acceptors (Lipinski definition) is 3.